The normalized spacial score (nSPS) is 21.5. The number of hydrogen-bond donors (Lipinski definition) is 1. The zero-order chi connectivity index (χ0) is 13.9. The molecule has 1 aromatic rings. The molecule has 0 radical (unpaired) electrons. The van der Waals surface area contributed by atoms with Crippen LogP contribution in [0.4, 0.5) is 4.39 Å². The molecule has 1 unspecified atom stereocenters. The summed E-state index contributed by atoms with van der Waals surface area (Å²) >= 11 is 0. The van der Waals surface area contributed by atoms with E-state index in [4.69, 9.17) is 5.73 Å². The molecule has 0 aromatic carbocycles. The Morgan fingerprint density at radius 2 is 2.21 bits per heavy atom. The average Bonchev–Trinajstić information content (AvgIpc) is 2.39. The summed E-state index contributed by atoms with van der Waals surface area (Å²) in [6.45, 7) is 0.904. The molecule has 0 amide bonds. The minimum atomic E-state index is -3.68. The van der Waals surface area contributed by atoms with E-state index in [1.807, 2.05) is 0 Å². The highest BCUT2D eigenvalue weighted by molar-refractivity contribution is 7.89. The molecule has 1 atom stereocenters. The van der Waals surface area contributed by atoms with Gasteiger partial charge in [0, 0.05) is 18.8 Å². The van der Waals surface area contributed by atoms with Crippen molar-refractivity contribution in [1.82, 2.24) is 9.29 Å². The summed E-state index contributed by atoms with van der Waals surface area (Å²) in [5.74, 6) is -0.645. The summed E-state index contributed by atoms with van der Waals surface area (Å²) in [5, 5.41) is 0. The van der Waals surface area contributed by atoms with Crippen molar-refractivity contribution in [3.05, 3.63) is 24.3 Å². The molecule has 0 spiro atoms. The molecule has 0 saturated carbocycles. The lowest BCUT2D eigenvalue weighted by molar-refractivity contribution is 0.243. The molecule has 0 aliphatic carbocycles. The zero-order valence-electron chi connectivity index (χ0n) is 10.6. The number of hydrogen-bond acceptors (Lipinski definition) is 4. The summed E-state index contributed by atoms with van der Waals surface area (Å²) in [4.78, 5) is 3.52. The van der Waals surface area contributed by atoms with Crippen molar-refractivity contribution < 1.29 is 12.8 Å². The minimum Gasteiger partial charge on any atom is -0.330 e. The number of aromatic nitrogens is 1. The lowest BCUT2D eigenvalue weighted by Crippen LogP contribution is -2.44. The molecule has 2 N–H and O–H groups in total. The monoisotopic (exact) mass is 287 g/mol. The first kappa shape index (κ1) is 14.4. The maximum Gasteiger partial charge on any atom is 0.244 e. The average molecular weight is 287 g/mol. The van der Waals surface area contributed by atoms with Crippen molar-refractivity contribution in [3.8, 4) is 0 Å². The van der Waals surface area contributed by atoms with E-state index < -0.39 is 15.8 Å². The highest BCUT2D eigenvalue weighted by Crippen LogP contribution is 2.26. The fraction of sp³-hybridized carbons (Fsp3) is 0.583. The van der Waals surface area contributed by atoms with Crippen LogP contribution in [0.5, 0.6) is 0 Å². The first-order valence-corrected chi connectivity index (χ1v) is 7.82. The van der Waals surface area contributed by atoms with Gasteiger partial charge in [-0.05, 0) is 31.9 Å². The van der Waals surface area contributed by atoms with E-state index in [1.54, 1.807) is 0 Å². The lowest BCUT2D eigenvalue weighted by Gasteiger charge is -2.34. The summed E-state index contributed by atoms with van der Waals surface area (Å²) in [5.41, 5.74) is 5.53. The van der Waals surface area contributed by atoms with Crippen LogP contribution in [-0.2, 0) is 10.0 Å². The lowest BCUT2D eigenvalue weighted by atomic mass is 10.0. The third kappa shape index (κ3) is 3.10. The predicted octanol–water partition coefficient (Wildman–Crippen LogP) is 1.11. The van der Waals surface area contributed by atoms with Crippen LogP contribution in [0.15, 0.2) is 23.4 Å². The van der Waals surface area contributed by atoms with E-state index in [0.717, 1.165) is 31.5 Å². The molecule has 19 heavy (non-hydrogen) atoms. The molecule has 7 heteroatoms. The molecular formula is C12H18FN3O2S. The molecule has 5 nitrogen and oxygen atoms in total. The third-order valence-corrected chi connectivity index (χ3v) is 5.28. The molecule has 1 fully saturated rings. The predicted molar refractivity (Wildman–Crippen MR) is 69.4 cm³/mol. The van der Waals surface area contributed by atoms with Crippen LogP contribution in [0, 0.1) is 5.82 Å². The number of pyridine rings is 1. The van der Waals surface area contributed by atoms with Crippen LogP contribution >= 0.6 is 0 Å². The van der Waals surface area contributed by atoms with Crippen molar-refractivity contribution in [3.63, 3.8) is 0 Å². The van der Waals surface area contributed by atoms with E-state index in [-0.39, 0.29) is 10.9 Å². The van der Waals surface area contributed by atoms with Crippen LogP contribution in [0.1, 0.15) is 25.7 Å². The molecule has 1 aromatic heterocycles. The van der Waals surface area contributed by atoms with E-state index in [1.165, 1.54) is 10.5 Å². The van der Waals surface area contributed by atoms with Gasteiger partial charge in [-0.2, -0.15) is 4.31 Å². The summed E-state index contributed by atoms with van der Waals surface area (Å²) in [6.07, 6.45) is 5.43. The largest absolute Gasteiger partial charge is 0.330 e. The van der Waals surface area contributed by atoms with E-state index in [9.17, 15) is 12.8 Å². The smallest absolute Gasteiger partial charge is 0.244 e. The van der Waals surface area contributed by atoms with Gasteiger partial charge in [0.05, 0.1) is 6.20 Å². The number of sulfonamides is 1. The Kier molecular flexibility index (Phi) is 4.49. The number of rotatable bonds is 4. The van der Waals surface area contributed by atoms with E-state index in [2.05, 4.69) is 4.98 Å². The summed E-state index contributed by atoms with van der Waals surface area (Å²) < 4.78 is 39.6. The van der Waals surface area contributed by atoms with Gasteiger partial charge in [0.1, 0.15) is 10.7 Å². The highest BCUT2D eigenvalue weighted by Gasteiger charge is 2.33. The maximum absolute atomic E-state index is 13.1. The molecule has 1 aliphatic rings. The van der Waals surface area contributed by atoms with Crippen LogP contribution in [0.3, 0.4) is 0 Å². The second-order valence-electron chi connectivity index (χ2n) is 4.68. The zero-order valence-corrected chi connectivity index (χ0v) is 11.4. The second kappa shape index (κ2) is 5.94. The Morgan fingerprint density at radius 1 is 1.42 bits per heavy atom. The Balaban J connectivity index is 2.31. The quantitative estimate of drug-likeness (QED) is 0.900. The van der Waals surface area contributed by atoms with Crippen LogP contribution in [0.25, 0.3) is 0 Å². The Bertz CT molecular complexity index is 534. The third-order valence-electron chi connectivity index (χ3n) is 3.36. The van der Waals surface area contributed by atoms with Gasteiger partial charge in [-0.25, -0.2) is 12.8 Å². The van der Waals surface area contributed by atoms with Gasteiger partial charge in [0.2, 0.25) is 10.0 Å². The minimum absolute atomic E-state index is 0.0866. The standard InChI is InChI=1S/C12H18FN3O2S/c13-10-7-12(9-15-8-10)19(17,18)16-6-2-1-3-11(16)4-5-14/h7-9,11H,1-6,14H2. The molecule has 106 valence electrons. The fourth-order valence-corrected chi connectivity index (χ4v) is 4.14. The van der Waals surface area contributed by atoms with Gasteiger partial charge in [-0.15, -0.1) is 0 Å². The van der Waals surface area contributed by atoms with Crippen LogP contribution < -0.4 is 5.73 Å². The second-order valence-corrected chi connectivity index (χ2v) is 6.57. The molecule has 1 saturated heterocycles. The summed E-state index contributed by atoms with van der Waals surface area (Å²) in [6, 6.07) is 0.920. The molecule has 0 bridgehead atoms. The first-order chi connectivity index (χ1) is 9.05. The van der Waals surface area contributed by atoms with E-state index in [0.29, 0.717) is 19.5 Å². The van der Waals surface area contributed by atoms with Crippen molar-refractivity contribution in [2.75, 3.05) is 13.1 Å². The van der Waals surface area contributed by atoms with Gasteiger partial charge >= 0.3 is 0 Å². The number of piperidine rings is 1. The maximum atomic E-state index is 13.1. The van der Waals surface area contributed by atoms with Crippen molar-refractivity contribution in [1.29, 1.82) is 0 Å². The fourth-order valence-electron chi connectivity index (χ4n) is 2.44. The van der Waals surface area contributed by atoms with Crippen molar-refractivity contribution >= 4 is 10.0 Å². The number of nitrogens with two attached hydrogens (primary N) is 1. The van der Waals surface area contributed by atoms with Crippen molar-refractivity contribution in [2.24, 2.45) is 5.73 Å². The first-order valence-electron chi connectivity index (χ1n) is 6.38. The van der Waals surface area contributed by atoms with Gasteiger partial charge in [0.25, 0.3) is 0 Å². The number of nitrogens with zero attached hydrogens (tertiary/aromatic N) is 2. The Morgan fingerprint density at radius 3 is 2.89 bits per heavy atom. The summed E-state index contributed by atoms with van der Waals surface area (Å²) in [7, 11) is -3.68. The van der Waals surface area contributed by atoms with Gasteiger partial charge in [-0.1, -0.05) is 6.42 Å². The van der Waals surface area contributed by atoms with Crippen LogP contribution in [-0.4, -0.2) is 36.8 Å². The van der Waals surface area contributed by atoms with E-state index >= 15 is 0 Å². The van der Waals surface area contributed by atoms with Crippen LogP contribution in [0.2, 0.25) is 0 Å². The topological polar surface area (TPSA) is 76.3 Å². The molecule has 2 heterocycles. The van der Waals surface area contributed by atoms with Crippen molar-refractivity contribution in [2.45, 2.75) is 36.6 Å². The SMILES string of the molecule is NCCC1CCCCN1S(=O)(=O)c1cncc(F)c1. The van der Waals surface area contributed by atoms with Gasteiger partial charge in [-0.3, -0.25) is 4.98 Å². The molecule has 2 rings (SSSR count). The Hall–Kier alpha value is -1.05. The number of halogens is 1. The van der Waals surface area contributed by atoms with Gasteiger partial charge in [0.15, 0.2) is 0 Å². The molecule has 1 aliphatic heterocycles. The van der Waals surface area contributed by atoms with Gasteiger partial charge < -0.3 is 5.73 Å². The highest BCUT2D eigenvalue weighted by atomic mass is 32.2. The molecular weight excluding hydrogens is 269 g/mol. The Labute approximate surface area is 112 Å².